The third-order valence-corrected chi connectivity index (χ3v) is 11.8. The first kappa shape index (κ1) is 43.8. The Bertz CT molecular complexity index is 3020. The molecular weight excluding hydrogens is 962 g/mol. The van der Waals surface area contributed by atoms with E-state index in [-0.39, 0.29) is 32.2 Å². The first-order chi connectivity index (χ1) is 30.6. The number of phenolic OH excluding ortho intramolecular Hbond substituents is 1. The molecule has 9 aromatic rings. The molecule has 64 heavy (non-hydrogen) atoms. The van der Waals surface area contributed by atoms with Crippen LogP contribution in [0.2, 0.25) is 0 Å². The number of rotatable bonds is 10. The van der Waals surface area contributed by atoms with Crippen LogP contribution in [0.4, 0.5) is 17.2 Å². The van der Waals surface area contributed by atoms with Crippen molar-refractivity contribution in [2.45, 2.75) is 46.5 Å². The minimum atomic E-state index is -0.211. The predicted octanol–water partition coefficient (Wildman–Crippen LogP) is 15.3. The van der Waals surface area contributed by atoms with E-state index in [1.165, 1.54) is 11.1 Å². The molecule has 9 rings (SSSR count). The fourth-order valence-electron chi connectivity index (χ4n) is 8.41. The van der Waals surface area contributed by atoms with Crippen LogP contribution in [0.5, 0.6) is 5.75 Å². The van der Waals surface area contributed by atoms with Crippen molar-refractivity contribution < 1.29 is 26.2 Å². The normalized spacial score (nSPS) is 11.2. The van der Waals surface area contributed by atoms with Crippen molar-refractivity contribution in [1.82, 2.24) is 9.97 Å². The first-order valence-electron chi connectivity index (χ1n) is 21.6. The summed E-state index contributed by atoms with van der Waals surface area (Å²) in [6.45, 7) is 10.8. The van der Waals surface area contributed by atoms with Crippen molar-refractivity contribution in [3.63, 3.8) is 0 Å². The second-order valence-corrected chi connectivity index (χ2v) is 17.3. The summed E-state index contributed by atoms with van der Waals surface area (Å²) >= 11 is 0. The number of aromatic hydroxyl groups is 1. The summed E-state index contributed by atoms with van der Waals surface area (Å²) < 4.78 is 0. The Kier molecular flexibility index (Phi) is 12.9. The van der Waals surface area contributed by atoms with Gasteiger partial charge in [0.05, 0.1) is 5.69 Å². The summed E-state index contributed by atoms with van der Waals surface area (Å²) in [6.07, 6.45) is 2.78. The standard InChI is InChI=1S/C59H50N3O.Pt/c1-40-32-53(58(63)41(2)57(40)46-22-14-8-15-23-46)55-37-48(44-20-12-7-13-21-44)36-54(61-55)49-34-50(59(3,4)5)39-52(35-49)62(51-24-16-9-17-25-51)56-38-47(30-31-60-56)45-28-26-43(27-29-45)33-42-18-10-6-11-19-42;/h6-32,34,36-39,63H,33H2,1-5H3;/q-1;. The molecule has 0 atom stereocenters. The number of para-hydroxylation sites is 1. The zero-order chi connectivity index (χ0) is 43.5. The molecule has 1 N–H and O–H groups in total. The molecule has 2 aromatic heterocycles. The summed E-state index contributed by atoms with van der Waals surface area (Å²) in [7, 11) is 0. The summed E-state index contributed by atoms with van der Waals surface area (Å²) in [5.41, 5.74) is 16.5. The first-order valence-corrected chi connectivity index (χ1v) is 21.6. The SMILES string of the molecule is Cc1cc(-c2cc(-c3ccccc3)cc(-c3[c-]c(N(c4ccccc4)c4cc(-c5ccc(Cc6ccccc6)cc5)ccn4)cc(C(C)(C)C)c3)n2)c(O)c(C)c1-c1ccccc1.[Pt]. The van der Waals surface area contributed by atoms with Gasteiger partial charge in [0.2, 0.25) is 0 Å². The van der Waals surface area contributed by atoms with Crippen LogP contribution in [0.3, 0.4) is 0 Å². The van der Waals surface area contributed by atoms with E-state index >= 15 is 0 Å². The van der Waals surface area contributed by atoms with Gasteiger partial charge in [-0.15, -0.1) is 29.3 Å². The summed E-state index contributed by atoms with van der Waals surface area (Å²) in [5, 5.41) is 12.0. The van der Waals surface area contributed by atoms with Gasteiger partial charge >= 0.3 is 0 Å². The molecule has 7 aromatic carbocycles. The van der Waals surface area contributed by atoms with Gasteiger partial charge in [0.15, 0.2) is 0 Å². The Hall–Kier alpha value is -6.87. The second kappa shape index (κ2) is 18.9. The Morgan fingerprint density at radius 2 is 1.14 bits per heavy atom. The fraction of sp³-hybridized carbons (Fsp3) is 0.119. The maximum Gasteiger partial charge on any atom is 0.136 e. The number of anilines is 3. The number of aromatic nitrogens is 2. The molecule has 0 aliphatic heterocycles. The van der Waals surface area contributed by atoms with Crippen molar-refractivity contribution in [1.29, 1.82) is 0 Å². The molecule has 0 unspecified atom stereocenters. The predicted molar refractivity (Wildman–Crippen MR) is 262 cm³/mol. The number of pyridine rings is 2. The van der Waals surface area contributed by atoms with E-state index in [1.807, 2.05) is 43.5 Å². The molecule has 0 aliphatic carbocycles. The van der Waals surface area contributed by atoms with Crippen LogP contribution >= 0.6 is 0 Å². The molecular formula is C59H50N3OPt-. The van der Waals surface area contributed by atoms with Crippen molar-refractivity contribution >= 4 is 17.2 Å². The van der Waals surface area contributed by atoms with Gasteiger partial charge in [0.25, 0.3) is 0 Å². The van der Waals surface area contributed by atoms with Gasteiger partial charge in [0, 0.05) is 38.5 Å². The van der Waals surface area contributed by atoms with E-state index < -0.39 is 0 Å². The van der Waals surface area contributed by atoms with Crippen LogP contribution in [-0.2, 0) is 32.9 Å². The molecule has 0 saturated heterocycles. The molecule has 0 bridgehead atoms. The van der Waals surface area contributed by atoms with Crippen LogP contribution in [0.1, 0.15) is 48.6 Å². The van der Waals surface area contributed by atoms with Crippen LogP contribution in [0.15, 0.2) is 194 Å². The third-order valence-electron chi connectivity index (χ3n) is 11.8. The summed E-state index contributed by atoms with van der Waals surface area (Å²) in [4.78, 5) is 12.6. The van der Waals surface area contributed by atoms with Gasteiger partial charge in [-0.2, -0.15) is 0 Å². The van der Waals surface area contributed by atoms with E-state index in [0.29, 0.717) is 11.3 Å². The largest absolute Gasteiger partial charge is 0.507 e. The zero-order valence-corrected chi connectivity index (χ0v) is 39.1. The van der Waals surface area contributed by atoms with Crippen molar-refractivity contribution in [2.24, 2.45) is 0 Å². The molecule has 0 spiro atoms. The number of hydrogen-bond donors (Lipinski definition) is 1. The molecule has 0 amide bonds. The zero-order valence-electron chi connectivity index (χ0n) is 36.8. The van der Waals surface area contributed by atoms with E-state index in [1.54, 1.807) is 0 Å². The van der Waals surface area contributed by atoms with E-state index in [9.17, 15) is 5.11 Å². The van der Waals surface area contributed by atoms with Gasteiger partial charge in [-0.1, -0.05) is 160 Å². The molecule has 0 fully saturated rings. The number of aryl methyl sites for hydroxylation is 1. The molecule has 4 nitrogen and oxygen atoms in total. The number of phenols is 1. The maximum absolute atomic E-state index is 12.0. The van der Waals surface area contributed by atoms with E-state index in [0.717, 1.165) is 84.9 Å². The average Bonchev–Trinajstić information content (AvgIpc) is 3.31. The number of benzene rings is 7. The second-order valence-electron chi connectivity index (χ2n) is 17.3. The minimum Gasteiger partial charge on any atom is -0.507 e. The van der Waals surface area contributed by atoms with Crippen LogP contribution < -0.4 is 4.90 Å². The Labute approximate surface area is 392 Å². The molecule has 0 radical (unpaired) electrons. The Balaban J connectivity index is 0.00000560. The van der Waals surface area contributed by atoms with Crippen LogP contribution in [0.25, 0.3) is 55.9 Å². The van der Waals surface area contributed by atoms with Crippen molar-refractivity contribution in [3.05, 3.63) is 228 Å². The Morgan fingerprint density at radius 3 is 1.80 bits per heavy atom. The van der Waals surface area contributed by atoms with E-state index in [2.05, 4.69) is 196 Å². The van der Waals surface area contributed by atoms with Gasteiger partial charge in [-0.25, -0.2) is 4.98 Å². The van der Waals surface area contributed by atoms with Gasteiger partial charge in [-0.3, -0.25) is 4.98 Å². The van der Waals surface area contributed by atoms with Crippen molar-refractivity contribution in [2.75, 3.05) is 4.90 Å². The minimum absolute atomic E-state index is 0. The fourth-order valence-corrected chi connectivity index (χ4v) is 8.41. The molecule has 0 aliphatic rings. The van der Waals surface area contributed by atoms with Gasteiger partial charge in [0.1, 0.15) is 11.6 Å². The number of nitrogens with zero attached hydrogens (tertiary/aromatic N) is 3. The quantitative estimate of drug-likeness (QED) is 0.139. The van der Waals surface area contributed by atoms with Crippen molar-refractivity contribution in [3.8, 4) is 61.6 Å². The monoisotopic (exact) mass is 1010 g/mol. The van der Waals surface area contributed by atoms with E-state index in [4.69, 9.17) is 9.97 Å². The third kappa shape index (κ3) is 9.39. The van der Waals surface area contributed by atoms with Gasteiger partial charge in [-0.05, 0) is 129 Å². The van der Waals surface area contributed by atoms with Gasteiger partial charge < -0.3 is 10.0 Å². The summed E-state index contributed by atoms with van der Waals surface area (Å²) in [5.74, 6) is 1.00. The topological polar surface area (TPSA) is 49.2 Å². The average molecular weight is 1010 g/mol. The van der Waals surface area contributed by atoms with Crippen LogP contribution in [-0.4, -0.2) is 15.1 Å². The molecule has 2 heterocycles. The molecule has 5 heteroatoms. The summed E-state index contributed by atoms with van der Waals surface area (Å²) in [6, 6.07) is 69.2. The molecule has 0 saturated carbocycles. The van der Waals surface area contributed by atoms with Crippen LogP contribution in [0, 0.1) is 19.9 Å². The maximum atomic E-state index is 12.0. The number of hydrogen-bond acceptors (Lipinski definition) is 4. The smallest absolute Gasteiger partial charge is 0.136 e. The Morgan fingerprint density at radius 1 is 0.562 bits per heavy atom. The molecule has 318 valence electrons.